The molecule has 9 heteroatoms. The van der Waals surface area contributed by atoms with Gasteiger partial charge in [0, 0.05) is 50.7 Å². The second-order valence-corrected chi connectivity index (χ2v) is 6.44. The Balaban J connectivity index is 1.65. The third-order valence-corrected chi connectivity index (χ3v) is 4.75. The quantitative estimate of drug-likeness (QED) is 0.712. The van der Waals surface area contributed by atoms with Crippen LogP contribution in [0, 0.1) is 0 Å². The Morgan fingerprint density at radius 2 is 2.08 bits per heavy atom. The van der Waals surface area contributed by atoms with Crippen molar-refractivity contribution in [1.29, 1.82) is 0 Å². The van der Waals surface area contributed by atoms with Gasteiger partial charge < -0.3 is 20.4 Å². The molecule has 3 rings (SSSR count). The van der Waals surface area contributed by atoms with Crippen LogP contribution in [-0.2, 0) is 0 Å². The van der Waals surface area contributed by atoms with Crippen LogP contribution in [0.3, 0.4) is 0 Å². The van der Waals surface area contributed by atoms with Gasteiger partial charge in [-0.15, -0.1) is 0 Å². The highest BCUT2D eigenvalue weighted by molar-refractivity contribution is 7.17. The van der Waals surface area contributed by atoms with Crippen molar-refractivity contribution in [2.45, 2.75) is 0 Å². The molecule has 0 bridgehead atoms. The highest BCUT2D eigenvalue weighted by Gasteiger charge is 2.17. The first-order valence-corrected chi connectivity index (χ1v) is 8.48. The van der Waals surface area contributed by atoms with E-state index in [0.29, 0.717) is 17.5 Å². The first-order chi connectivity index (χ1) is 11.7. The normalized spacial score (nSPS) is 15.5. The van der Waals surface area contributed by atoms with E-state index < -0.39 is 5.97 Å². The number of aliphatic hydroxyl groups excluding tert-OH is 1. The Kier molecular flexibility index (Phi) is 5.24. The minimum absolute atomic E-state index is 0.189. The fraction of sp³-hybridized carbons (Fsp3) is 0.400. The van der Waals surface area contributed by atoms with Crippen molar-refractivity contribution in [3.63, 3.8) is 0 Å². The average molecular weight is 349 g/mol. The number of hydrogen-bond donors (Lipinski definition) is 3. The fourth-order valence-electron chi connectivity index (χ4n) is 2.60. The number of aliphatic hydroxyl groups is 1. The molecule has 1 saturated heterocycles. The Labute approximate surface area is 143 Å². The molecule has 0 radical (unpaired) electrons. The lowest BCUT2D eigenvalue weighted by atomic mass is 10.2. The van der Waals surface area contributed by atoms with Crippen molar-refractivity contribution < 1.29 is 15.0 Å². The van der Waals surface area contributed by atoms with Gasteiger partial charge in [0.1, 0.15) is 10.7 Å². The van der Waals surface area contributed by atoms with Crippen molar-refractivity contribution in [3.8, 4) is 0 Å². The standard InChI is InChI=1S/C15H19N5O3S/c21-8-7-19-3-5-20(6-4-19)11-1-2-16-13(9-11)18-15-17-10-12(24-15)14(22)23/h1-2,9-10,21H,3-8H2,(H,22,23)(H,16,17,18). The average Bonchev–Trinajstić information content (AvgIpc) is 3.05. The van der Waals surface area contributed by atoms with Crippen LogP contribution in [0.4, 0.5) is 16.6 Å². The van der Waals surface area contributed by atoms with E-state index in [2.05, 4.69) is 25.1 Å². The number of β-amino-alcohol motifs (C(OH)–C–C–N with tert-alkyl or cyclic N) is 1. The highest BCUT2D eigenvalue weighted by Crippen LogP contribution is 2.24. The van der Waals surface area contributed by atoms with E-state index in [1.165, 1.54) is 6.20 Å². The number of nitrogens with one attached hydrogen (secondary N) is 1. The zero-order valence-electron chi connectivity index (χ0n) is 13.1. The van der Waals surface area contributed by atoms with Gasteiger partial charge in [0.25, 0.3) is 0 Å². The minimum Gasteiger partial charge on any atom is -0.477 e. The number of thiazole rings is 1. The molecule has 1 aliphatic heterocycles. The van der Waals surface area contributed by atoms with Crippen LogP contribution in [0.15, 0.2) is 24.5 Å². The number of piperazine rings is 1. The Hall–Kier alpha value is -2.23. The number of carboxylic acid groups (broad SMARTS) is 1. The van der Waals surface area contributed by atoms with Gasteiger partial charge in [-0.25, -0.2) is 14.8 Å². The smallest absolute Gasteiger partial charge is 0.347 e. The maximum atomic E-state index is 10.9. The van der Waals surface area contributed by atoms with Gasteiger partial charge in [-0.2, -0.15) is 0 Å². The number of nitrogens with zero attached hydrogens (tertiary/aromatic N) is 4. The van der Waals surface area contributed by atoms with E-state index in [9.17, 15) is 4.79 Å². The molecule has 0 spiro atoms. The Morgan fingerprint density at radius 3 is 2.75 bits per heavy atom. The van der Waals surface area contributed by atoms with E-state index >= 15 is 0 Å². The number of anilines is 3. The number of rotatable bonds is 6. The number of hydrogen-bond acceptors (Lipinski definition) is 8. The van der Waals surface area contributed by atoms with Crippen molar-refractivity contribution in [3.05, 3.63) is 29.4 Å². The molecule has 0 atom stereocenters. The SMILES string of the molecule is O=C(O)c1cnc(Nc2cc(N3CCN(CCO)CC3)ccn2)s1. The van der Waals surface area contributed by atoms with Gasteiger partial charge in [-0.1, -0.05) is 11.3 Å². The van der Waals surface area contributed by atoms with Crippen LogP contribution in [0.1, 0.15) is 9.67 Å². The molecule has 2 aromatic heterocycles. The largest absolute Gasteiger partial charge is 0.477 e. The van der Waals surface area contributed by atoms with Crippen molar-refractivity contribution in [2.24, 2.45) is 0 Å². The summed E-state index contributed by atoms with van der Waals surface area (Å²) in [6.07, 6.45) is 3.06. The molecule has 1 aliphatic rings. The molecule has 0 unspecified atom stereocenters. The van der Waals surface area contributed by atoms with E-state index in [0.717, 1.165) is 43.2 Å². The summed E-state index contributed by atoms with van der Waals surface area (Å²) < 4.78 is 0. The number of carbonyl (C=O) groups is 1. The number of aromatic carboxylic acids is 1. The summed E-state index contributed by atoms with van der Waals surface area (Å²) in [4.78, 5) is 23.9. The van der Waals surface area contributed by atoms with E-state index in [4.69, 9.17) is 10.2 Å². The summed E-state index contributed by atoms with van der Waals surface area (Å²) >= 11 is 1.08. The van der Waals surface area contributed by atoms with Gasteiger partial charge in [0.05, 0.1) is 12.8 Å². The molecule has 0 amide bonds. The summed E-state index contributed by atoms with van der Waals surface area (Å²) in [5.74, 6) is -0.348. The monoisotopic (exact) mass is 349 g/mol. The van der Waals surface area contributed by atoms with Crippen LogP contribution in [0.25, 0.3) is 0 Å². The number of aromatic nitrogens is 2. The predicted octanol–water partition coefficient (Wildman–Crippen LogP) is 1.09. The van der Waals surface area contributed by atoms with E-state index in [1.54, 1.807) is 6.20 Å². The lowest BCUT2D eigenvalue weighted by Gasteiger charge is -2.35. The molecule has 0 saturated carbocycles. The molecule has 3 N–H and O–H groups in total. The molecule has 0 aliphatic carbocycles. The zero-order valence-corrected chi connectivity index (χ0v) is 13.9. The maximum absolute atomic E-state index is 10.9. The summed E-state index contributed by atoms with van der Waals surface area (Å²) in [6.45, 7) is 4.52. The molecule has 0 aromatic carbocycles. The lowest BCUT2D eigenvalue weighted by molar-refractivity contribution is 0.0702. The number of pyridine rings is 1. The van der Waals surface area contributed by atoms with Gasteiger partial charge in [-0.3, -0.25) is 4.90 Å². The summed E-state index contributed by atoms with van der Waals surface area (Å²) in [5, 5.41) is 21.5. The third kappa shape index (κ3) is 3.99. The van der Waals surface area contributed by atoms with Crippen molar-refractivity contribution in [2.75, 3.05) is 49.5 Å². The molecular formula is C15H19N5O3S. The van der Waals surface area contributed by atoms with Gasteiger partial charge in [-0.05, 0) is 6.07 Å². The van der Waals surface area contributed by atoms with Gasteiger partial charge in [0.2, 0.25) is 0 Å². The summed E-state index contributed by atoms with van der Waals surface area (Å²) in [6, 6.07) is 3.89. The molecule has 24 heavy (non-hydrogen) atoms. The van der Waals surface area contributed by atoms with Crippen molar-refractivity contribution >= 4 is 33.9 Å². The first kappa shape index (κ1) is 16.6. The maximum Gasteiger partial charge on any atom is 0.347 e. The summed E-state index contributed by atoms with van der Waals surface area (Å²) in [5.41, 5.74) is 1.06. The van der Waals surface area contributed by atoms with E-state index in [1.807, 2.05) is 12.1 Å². The molecule has 1 fully saturated rings. The van der Waals surface area contributed by atoms with Gasteiger partial charge in [0.15, 0.2) is 5.13 Å². The number of carboxylic acids is 1. The zero-order chi connectivity index (χ0) is 16.9. The fourth-order valence-corrected chi connectivity index (χ4v) is 3.26. The molecule has 2 aromatic rings. The Morgan fingerprint density at radius 1 is 1.29 bits per heavy atom. The van der Waals surface area contributed by atoms with Gasteiger partial charge >= 0.3 is 5.97 Å². The first-order valence-electron chi connectivity index (χ1n) is 7.66. The van der Waals surface area contributed by atoms with Crippen LogP contribution in [0.5, 0.6) is 0 Å². The topological polar surface area (TPSA) is 102 Å². The minimum atomic E-state index is -0.983. The highest BCUT2D eigenvalue weighted by atomic mass is 32.1. The lowest BCUT2D eigenvalue weighted by Crippen LogP contribution is -2.47. The molecule has 3 heterocycles. The van der Waals surface area contributed by atoms with Crippen molar-refractivity contribution in [1.82, 2.24) is 14.9 Å². The second-order valence-electron chi connectivity index (χ2n) is 5.41. The molecular weight excluding hydrogens is 330 g/mol. The summed E-state index contributed by atoms with van der Waals surface area (Å²) in [7, 11) is 0. The van der Waals surface area contributed by atoms with Crippen LogP contribution < -0.4 is 10.2 Å². The van der Waals surface area contributed by atoms with E-state index in [-0.39, 0.29) is 11.5 Å². The molecule has 128 valence electrons. The van der Waals surface area contributed by atoms with Crippen LogP contribution in [-0.4, -0.2) is 70.4 Å². The second kappa shape index (κ2) is 7.56. The third-order valence-electron chi connectivity index (χ3n) is 3.85. The molecule has 8 nitrogen and oxygen atoms in total. The van der Waals surface area contributed by atoms with Crippen LogP contribution >= 0.6 is 11.3 Å². The Bertz CT molecular complexity index is 700. The predicted molar refractivity (Wildman–Crippen MR) is 92.3 cm³/mol. The van der Waals surface area contributed by atoms with Crippen LogP contribution in [0.2, 0.25) is 0 Å².